The molecule has 27 heavy (non-hydrogen) atoms. The molecule has 7 heteroatoms. The van der Waals surface area contributed by atoms with Crippen molar-refractivity contribution < 1.29 is 13.2 Å². The Bertz CT molecular complexity index is 917. The number of hydrogen-bond donors (Lipinski definition) is 2. The van der Waals surface area contributed by atoms with Crippen molar-refractivity contribution in [2.24, 2.45) is 0 Å². The van der Waals surface area contributed by atoms with E-state index in [0.717, 1.165) is 11.1 Å². The summed E-state index contributed by atoms with van der Waals surface area (Å²) in [4.78, 5) is 12.4. The molecule has 2 aromatic carbocycles. The van der Waals surface area contributed by atoms with Gasteiger partial charge in [0.1, 0.15) is 0 Å². The Hall–Kier alpha value is -1.89. The first kappa shape index (κ1) is 21.4. The molecule has 0 fully saturated rings. The third kappa shape index (κ3) is 6.65. The lowest BCUT2D eigenvalue weighted by Crippen LogP contribution is -2.40. The predicted molar refractivity (Wildman–Crippen MR) is 110 cm³/mol. The highest BCUT2D eigenvalue weighted by molar-refractivity contribution is 7.89. The first-order valence-corrected chi connectivity index (χ1v) is 10.5. The van der Waals surface area contributed by atoms with E-state index in [4.69, 9.17) is 11.6 Å². The topological polar surface area (TPSA) is 75.3 Å². The largest absolute Gasteiger partial charge is 0.326 e. The van der Waals surface area contributed by atoms with Crippen molar-refractivity contribution in [3.05, 3.63) is 58.6 Å². The number of carbonyl (C=O) groups excluding carboxylic acids is 1. The van der Waals surface area contributed by atoms with Crippen molar-refractivity contribution in [1.82, 2.24) is 4.72 Å². The van der Waals surface area contributed by atoms with E-state index in [0.29, 0.717) is 17.1 Å². The summed E-state index contributed by atoms with van der Waals surface area (Å²) in [6.07, 6.45) is 0.802. The molecule has 0 atom stereocenters. The van der Waals surface area contributed by atoms with Gasteiger partial charge in [-0.15, -0.1) is 0 Å². The molecule has 0 aliphatic carbocycles. The fraction of sp³-hybridized carbons (Fsp3) is 0.350. The van der Waals surface area contributed by atoms with E-state index in [1.54, 1.807) is 57.2 Å². The fourth-order valence-corrected chi connectivity index (χ4v) is 4.09. The van der Waals surface area contributed by atoms with Gasteiger partial charge < -0.3 is 5.32 Å². The van der Waals surface area contributed by atoms with Crippen LogP contribution in [0.4, 0.5) is 5.69 Å². The highest BCUT2D eigenvalue weighted by Crippen LogP contribution is 2.20. The van der Waals surface area contributed by atoms with Crippen LogP contribution in [0.15, 0.2) is 47.4 Å². The molecule has 146 valence electrons. The van der Waals surface area contributed by atoms with Gasteiger partial charge in [-0.25, -0.2) is 13.1 Å². The summed E-state index contributed by atoms with van der Waals surface area (Å²) in [6, 6.07) is 11.9. The number of amides is 1. The van der Waals surface area contributed by atoms with E-state index in [9.17, 15) is 13.2 Å². The van der Waals surface area contributed by atoms with Crippen molar-refractivity contribution >= 4 is 33.2 Å². The number of sulfonamides is 1. The molecule has 0 aliphatic rings. The molecule has 0 radical (unpaired) electrons. The summed E-state index contributed by atoms with van der Waals surface area (Å²) in [5.41, 5.74) is 1.98. The Morgan fingerprint density at radius 2 is 1.70 bits per heavy atom. The molecule has 0 aromatic heterocycles. The quantitative estimate of drug-likeness (QED) is 0.748. The molecule has 0 unspecified atom stereocenters. The summed E-state index contributed by atoms with van der Waals surface area (Å²) in [5.74, 6) is -0.119. The Kier molecular flexibility index (Phi) is 6.68. The Morgan fingerprint density at radius 1 is 1.07 bits per heavy atom. The zero-order valence-corrected chi connectivity index (χ0v) is 17.5. The van der Waals surface area contributed by atoms with Gasteiger partial charge in [0.05, 0.1) is 4.90 Å². The van der Waals surface area contributed by atoms with Gasteiger partial charge in [-0.3, -0.25) is 4.79 Å². The minimum atomic E-state index is -3.56. The van der Waals surface area contributed by atoms with E-state index in [2.05, 4.69) is 10.0 Å². The molecule has 1 amide bonds. The van der Waals surface area contributed by atoms with E-state index < -0.39 is 15.6 Å². The van der Waals surface area contributed by atoms with Crippen molar-refractivity contribution in [2.75, 3.05) is 5.32 Å². The Labute approximate surface area is 166 Å². The number of rotatable bonds is 6. The van der Waals surface area contributed by atoms with Crippen LogP contribution in [0.3, 0.4) is 0 Å². The van der Waals surface area contributed by atoms with Crippen LogP contribution in [0.5, 0.6) is 0 Å². The van der Waals surface area contributed by atoms with Gasteiger partial charge in [0.15, 0.2) is 0 Å². The van der Waals surface area contributed by atoms with E-state index in [1.807, 2.05) is 13.0 Å². The molecule has 0 spiro atoms. The third-order valence-electron chi connectivity index (χ3n) is 3.79. The molecule has 0 heterocycles. The van der Waals surface area contributed by atoms with Gasteiger partial charge in [0.25, 0.3) is 0 Å². The van der Waals surface area contributed by atoms with Crippen molar-refractivity contribution in [3.63, 3.8) is 0 Å². The highest BCUT2D eigenvalue weighted by Gasteiger charge is 2.21. The summed E-state index contributed by atoms with van der Waals surface area (Å²) < 4.78 is 27.2. The number of nitrogens with one attached hydrogen (secondary N) is 2. The molecule has 0 saturated carbocycles. The minimum Gasteiger partial charge on any atom is -0.326 e. The summed E-state index contributed by atoms with van der Waals surface area (Å²) in [5, 5.41) is 3.42. The van der Waals surface area contributed by atoms with Gasteiger partial charge >= 0.3 is 0 Å². The summed E-state index contributed by atoms with van der Waals surface area (Å²) in [7, 11) is -3.56. The number of aryl methyl sites for hydroxylation is 2. The monoisotopic (exact) mass is 408 g/mol. The SMILES string of the molecule is Cc1ccc(Cl)cc1NC(=O)CCc1ccc(S(=O)(=O)NC(C)(C)C)cc1. The zero-order chi connectivity index (χ0) is 20.2. The number of hydrogen-bond acceptors (Lipinski definition) is 3. The van der Waals surface area contributed by atoms with Crippen LogP contribution in [0.25, 0.3) is 0 Å². The maximum absolute atomic E-state index is 12.3. The maximum Gasteiger partial charge on any atom is 0.241 e. The molecular formula is C20H25ClN2O3S. The number of carbonyl (C=O) groups is 1. The first-order valence-electron chi connectivity index (χ1n) is 8.65. The minimum absolute atomic E-state index is 0.119. The lowest BCUT2D eigenvalue weighted by atomic mass is 10.1. The van der Waals surface area contributed by atoms with Crippen LogP contribution in [0.1, 0.15) is 38.3 Å². The molecule has 2 aromatic rings. The third-order valence-corrected chi connectivity index (χ3v) is 5.80. The van der Waals surface area contributed by atoms with Crippen LogP contribution in [-0.2, 0) is 21.2 Å². The summed E-state index contributed by atoms with van der Waals surface area (Å²) in [6.45, 7) is 7.27. The average Bonchev–Trinajstić information content (AvgIpc) is 2.54. The Balaban J connectivity index is 1.97. The lowest BCUT2D eigenvalue weighted by molar-refractivity contribution is -0.116. The van der Waals surface area contributed by atoms with Crippen molar-refractivity contribution in [1.29, 1.82) is 0 Å². The second-order valence-electron chi connectivity index (χ2n) is 7.51. The second-order valence-corrected chi connectivity index (χ2v) is 9.63. The molecule has 0 aliphatic heterocycles. The highest BCUT2D eigenvalue weighted by atomic mass is 35.5. The van der Waals surface area contributed by atoms with Gasteiger partial charge in [-0.2, -0.15) is 0 Å². The van der Waals surface area contributed by atoms with E-state index >= 15 is 0 Å². The van der Waals surface area contributed by atoms with Gasteiger partial charge in [0, 0.05) is 22.7 Å². The smallest absolute Gasteiger partial charge is 0.241 e. The van der Waals surface area contributed by atoms with Crippen LogP contribution in [0, 0.1) is 6.92 Å². The number of halogens is 1. The van der Waals surface area contributed by atoms with Crippen molar-refractivity contribution in [2.45, 2.75) is 51.0 Å². The van der Waals surface area contributed by atoms with Crippen LogP contribution in [0.2, 0.25) is 5.02 Å². The van der Waals surface area contributed by atoms with Crippen LogP contribution in [-0.4, -0.2) is 19.9 Å². The molecule has 0 saturated heterocycles. The normalized spacial score (nSPS) is 12.0. The van der Waals surface area contributed by atoms with Gasteiger partial charge in [-0.05, 0) is 69.5 Å². The van der Waals surface area contributed by atoms with Crippen LogP contribution >= 0.6 is 11.6 Å². The van der Waals surface area contributed by atoms with Crippen LogP contribution < -0.4 is 10.0 Å². The molecule has 2 N–H and O–H groups in total. The standard InChI is InChI=1S/C20H25ClN2O3S/c1-14-5-9-16(21)13-18(14)22-19(24)12-8-15-6-10-17(11-7-15)27(25,26)23-20(2,3)4/h5-7,9-11,13,23H,8,12H2,1-4H3,(H,22,24). The van der Waals surface area contributed by atoms with Gasteiger partial charge in [-0.1, -0.05) is 29.8 Å². The van der Waals surface area contributed by atoms with Crippen molar-refractivity contribution in [3.8, 4) is 0 Å². The lowest BCUT2D eigenvalue weighted by Gasteiger charge is -2.20. The fourth-order valence-electron chi connectivity index (χ4n) is 2.50. The predicted octanol–water partition coefficient (Wildman–Crippen LogP) is 4.30. The van der Waals surface area contributed by atoms with Gasteiger partial charge in [0.2, 0.25) is 15.9 Å². The number of benzene rings is 2. The summed E-state index contributed by atoms with van der Waals surface area (Å²) >= 11 is 5.96. The first-order chi connectivity index (χ1) is 12.5. The molecular weight excluding hydrogens is 384 g/mol. The molecule has 0 bridgehead atoms. The number of anilines is 1. The van der Waals surface area contributed by atoms with E-state index in [-0.39, 0.29) is 17.2 Å². The maximum atomic E-state index is 12.3. The average molecular weight is 409 g/mol. The zero-order valence-electron chi connectivity index (χ0n) is 16.0. The second kappa shape index (κ2) is 8.42. The molecule has 5 nitrogen and oxygen atoms in total. The van der Waals surface area contributed by atoms with E-state index in [1.165, 1.54) is 0 Å². The molecule has 2 rings (SSSR count). The Morgan fingerprint density at radius 3 is 2.30 bits per heavy atom.